The summed E-state index contributed by atoms with van der Waals surface area (Å²) in [7, 11) is 4.32. The highest BCUT2D eigenvalue weighted by molar-refractivity contribution is 5.86. The van der Waals surface area contributed by atoms with E-state index in [2.05, 4.69) is 4.74 Å². The van der Waals surface area contributed by atoms with Gasteiger partial charge < -0.3 is 33.2 Å². The molecule has 0 aliphatic carbocycles. The molecule has 33 heavy (non-hydrogen) atoms. The Morgan fingerprint density at radius 1 is 1.00 bits per heavy atom. The summed E-state index contributed by atoms with van der Waals surface area (Å²) < 4.78 is 32.1. The van der Waals surface area contributed by atoms with Gasteiger partial charge in [0.2, 0.25) is 0 Å². The quantitative estimate of drug-likeness (QED) is 0.262. The van der Waals surface area contributed by atoms with Crippen molar-refractivity contribution in [2.45, 2.75) is 6.10 Å². The molecule has 1 unspecified atom stereocenters. The number of carbonyl (C=O) groups excluding carboxylic acids is 1. The molecule has 0 saturated heterocycles. The minimum atomic E-state index is -1.00. The van der Waals surface area contributed by atoms with Crippen molar-refractivity contribution in [3.63, 3.8) is 0 Å². The Bertz CT molecular complexity index is 1070. The van der Waals surface area contributed by atoms with E-state index in [4.69, 9.17) is 23.4 Å². The van der Waals surface area contributed by atoms with Gasteiger partial charge in [-0.25, -0.2) is 4.79 Å². The SMILES string of the molecule is COCOc1cc(OCOC)c(-c2ccc(C=CC(=O)OC)o2)c(C(O)c2ccccc2)c1. The van der Waals surface area contributed by atoms with Gasteiger partial charge in [-0.1, -0.05) is 30.3 Å². The van der Waals surface area contributed by atoms with Crippen LogP contribution >= 0.6 is 0 Å². The number of carbonyl (C=O) groups is 1. The number of hydrogen-bond acceptors (Lipinski definition) is 8. The van der Waals surface area contributed by atoms with Crippen molar-refractivity contribution >= 4 is 12.0 Å². The van der Waals surface area contributed by atoms with Crippen LogP contribution < -0.4 is 9.47 Å². The summed E-state index contributed by atoms with van der Waals surface area (Å²) in [5, 5.41) is 11.3. The molecule has 8 heteroatoms. The molecule has 2 aromatic carbocycles. The third-order valence-corrected chi connectivity index (χ3v) is 4.65. The highest BCUT2D eigenvalue weighted by atomic mass is 16.7. The smallest absolute Gasteiger partial charge is 0.330 e. The van der Waals surface area contributed by atoms with E-state index in [1.54, 1.807) is 24.3 Å². The van der Waals surface area contributed by atoms with Crippen LogP contribution in [0.15, 0.2) is 65.1 Å². The van der Waals surface area contributed by atoms with Gasteiger partial charge in [-0.15, -0.1) is 0 Å². The van der Waals surface area contributed by atoms with Crippen LogP contribution in [0.4, 0.5) is 0 Å². The van der Waals surface area contributed by atoms with Crippen molar-refractivity contribution in [2.75, 3.05) is 34.9 Å². The zero-order valence-electron chi connectivity index (χ0n) is 18.6. The number of esters is 1. The molecule has 3 rings (SSSR count). The summed E-state index contributed by atoms with van der Waals surface area (Å²) in [6.07, 6.45) is 1.75. The van der Waals surface area contributed by atoms with Crippen LogP contribution in [0.25, 0.3) is 17.4 Å². The molecule has 1 atom stereocenters. The minimum absolute atomic E-state index is 0.0210. The molecule has 0 saturated carbocycles. The molecule has 0 fully saturated rings. The average Bonchev–Trinajstić information content (AvgIpc) is 3.32. The molecule has 1 N–H and O–H groups in total. The van der Waals surface area contributed by atoms with E-state index in [0.717, 1.165) is 0 Å². The predicted octanol–water partition coefficient (Wildman–Crippen LogP) is 4.18. The number of aliphatic hydroxyl groups is 1. The summed E-state index contributed by atoms with van der Waals surface area (Å²) in [4.78, 5) is 11.4. The maximum Gasteiger partial charge on any atom is 0.330 e. The van der Waals surface area contributed by atoms with Gasteiger partial charge in [-0.3, -0.25) is 0 Å². The Balaban J connectivity index is 2.13. The molecule has 0 aliphatic rings. The fraction of sp³-hybridized carbons (Fsp3) is 0.240. The summed E-state index contributed by atoms with van der Waals surface area (Å²) in [6.45, 7) is -0.00935. The van der Waals surface area contributed by atoms with Crippen molar-refractivity contribution in [3.05, 3.63) is 77.6 Å². The zero-order chi connectivity index (χ0) is 23.6. The van der Waals surface area contributed by atoms with E-state index in [9.17, 15) is 9.90 Å². The van der Waals surface area contributed by atoms with Gasteiger partial charge in [-0.05, 0) is 29.8 Å². The van der Waals surface area contributed by atoms with E-state index in [-0.39, 0.29) is 13.6 Å². The molecular weight excluding hydrogens is 428 g/mol. The monoisotopic (exact) mass is 454 g/mol. The average molecular weight is 454 g/mol. The topological polar surface area (TPSA) is 96.6 Å². The van der Waals surface area contributed by atoms with E-state index < -0.39 is 12.1 Å². The molecule has 0 bridgehead atoms. The summed E-state index contributed by atoms with van der Waals surface area (Å²) in [5.41, 5.74) is 1.70. The fourth-order valence-corrected chi connectivity index (χ4v) is 3.15. The molecule has 3 aromatic rings. The van der Waals surface area contributed by atoms with Crippen molar-refractivity contribution in [1.29, 1.82) is 0 Å². The van der Waals surface area contributed by atoms with Crippen molar-refractivity contribution in [1.82, 2.24) is 0 Å². The third kappa shape index (κ3) is 6.23. The number of ether oxygens (including phenoxy) is 5. The van der Waals surface area contributed by atoms with Gasteiger partial charge in [0.05, 0.1) is 12.7 Å². The second kappa shape index (κ2) is 11.9. The molecule has 1 heterocycles. The number of methoxy groups -OCH3 is 3. The number of furan rings is 1. The largest absolute Gasteiger partial charge is 0.467 e. The van der Waals surface area contributed by atoms with Crippen molar-refractivity contribution in [2.24, 2.45) is 0 Å². The second-order valence-electron chi connectivity index (χ2n) is 6.86. The first-order valence-corrected chi connectivity index (χ1v) is 10.1. The Kier molecular flexibility index (Phi) is 8.65. The normalized spacial score (nSPS) is 12.0. The van der Waals surface area contributed by atoms with Crippen LogP contribution in [0.1, 0.15) is 23.0 Å². The molecule has 0 amide bonds. The van der Waals surface area contributed by atoms with Crippen LogP contribution in [0, 0.1) is 0 Å². The lowest BCUT2D eigenvalue weighted by atomic mass is 9.94. The zero-order valence-corrected chi connectivity index (χ0v) is 18.6. The first-order chi connectivity index (χ1) is 16.1. The lowest BCUT2D eigenvalue weighted by Gasteiger charge is -2.20. The molecule has 0 aliphatic heterocycles. The maximum absolute atomic E-state index is 11.4. The molecule has 0 radical (unpaired) electrons. The lowest BCUT2D eigenvalue weighted by molar-refractivity contribution is -0.134. The minimum Gasteiger partial charge on any atom is -0.467 e. The van der Waals surface area contributed by atoms with Gasteiger partial charge in [0.1, 0.15) is 29.1 Å². The van der Waals surface area contributed by atoms with Crippen LogP contribution in [0.5, 0.6) is 11.5 Å². The molecular formula is C25H26O8. The van der Waals surface area contributed by atoms with Gasteiger partial charge in [-0.2, -0.15) is 0 Å². The Morgan fingerprint density at radius 2 is 1.73 bits per heavy atom. The van der Waals surface area contributed by atoms with Crippen molar-refractivity contribution in [3.8, 4) is 22.8 Å². The number of rotatable bonds is 11. The fourth-order valence-electron chi connectivity index (χ4n) is 3.15. The number of hydrogen-bond donors (Lipinski definition) is 1. The summed E-state index contributed by atoms with van der Waals surface area (Å²) in [5.74, 6) is 1.17. The number of benzene rings is 2. The van der Waals surface area contributed by atoms with Crippen molar-refractivity contribution < 1.29 is 38.0 Å². The predicted molar refractivity (Wildman–Crippen MR) is 121 cm³/mol. The van der Waals surface area contributed by atoms with Gasteiger partial charge in [0.25, 0.3) is 0 Å². The lowest BCUT2D eigenvalue weighted by Crippen LogP contribution is -2.08. The standard InChI is InChI=1S/C25H26O8/c1-28-15-31-19-13-20(25(27)17-7-5-4-6-8-17)24(22(14-19)32-16-29-2)21-11-9-18(33-21)10-12-23(26)30-3/h4-14,25,27H,15-16H2,1-3H3. The number of aliphatic hydroxyl groups excluding tert-OH is 1. The third-order valence-electron chi connectivity index (χ3n) is 4.65. The Morgan fingerprint density at radius 3 is 2.42 bits per heavy atom. The van der Waals surface area contributed by atoms with E-state index in [0.29, 0.717) is 39.7 Å². The maximum atomic E-state index is 11.4. The Hall–Kier alpha value is -3.59. The van der Waals surface area contributed by atoms with Crippen LogP contribution in [0.3, 0.4) is 0 Å². The van der Waals surface area contributed by atoms with E-state index in [1.165, 1.54) is 33.5 Å². The van der Waals surface area contributed by atoms with Gasteiger partial charge >= 0.3 is 5.97 Å². The van der Waals surface area contributed by atoms with Crippen LogP contribution in [-0.4, -0.2) is 46.0 Å². The first kappa shape index (κ1) is 24.1. The van der Waals surface area contributed by atoms with E-state index >= 15 is 0 Å². The van der Waals surface area contributed by atoms with Crippen LogP contribution in [-0.2, 0) is 19.0 Å². The first-order valence-electron chi connectivity index (χ1n) is 10.1. The molecule has 8 nitrogen and oxygen atoms in total. The van der Waals surface area contributed by atoms with E-state index in [1.807, 2.05) is 30.3 Å². The summed E-state index contributed by atoms with van der Waals surface area (Å²) >= 11 is 0. The van der Waals surface area contributed by atoms with Gasteiger partial charge in [0, 0.05) is 31.9 Å². The second-order valence-corrected chi connectivity index (χ2v) is 6.86. The molecule has 0 spiro atoms. The highest BCUT2D eigenvalue weighted by Gasteiger charge is 2.24. The van der Waals surface area contributed by atoms with Gasteiger partial charge in [0.15, 0.2) is 13.6 Å². The molecule has 174 valence electrons. The Labute approximate surface area is 191 Å². The highest BCUT2D eigenvalue weighted by Crippen LogP contribution is 2.42. The molecule has 1 aromatic heterocycles. The van der Waals surface area contributed by atoms with Crippen LogP contribution in [0.2, 0.25) is 0 Å². The summed E-state index contributed by atoms with van der Waals surface area (Å²) in [6, 6.07) is 16.0.